The number of hydrogen-bond donors (Lipinski definition) is 1. The van der Waals surface area contributed by atoms with E-state index in [1.165, 1.54) is 23.5 Å². The third-order valence-electron chi connectivity index (χ3n) is 2.47. The second-order valence-corrected chi connectivity index (χ2v) is 6.13. The molecule has 86 valence electrons. The van der Waals surface area contributed by atoms with Crippen molar-refractivity contribution in [1.82, 2.24) is 0 Å². The molecular weight excluding hydrogens is 246 g/mol. The molecule has 0 spiro atoms. The maximum absolute atomic E-state index is 11.0. The highest BCUT2D eigenvalue weighted by atomic mass is 32.2. The third kappa shape index (κ3) is 1.83. The first kappa shape index (κ1) is 11.5. The largest absolute Gasteiger partial charge is 0.294 e. The predicted octanol–water partition coefficient (Wildman–Crippen LogP) is 1.76. The van der Waals surface area contributed by atoms with Crippen LogP contribution in [0.2, 0.25) is 0 Å². The molecule has 1 N–H and O–H groups in total. The molecule has 16 heavy (non-hydrogen) atoms. The van der Waals surface area contributed by atoms with Crippen LogP contribution in [0.3, 0.4) is 0 Å². The van der Waals surface area contributed by atoms with Gasteiger partial charge in [0.25, 0.3) is 10.1 Å². The summed E-state index contributed by atoms with van der Waals surface area (Å²) in [5.74, 6) is 0. The minimum Gasteiger partial charge on any atom is -0.282 e. The number of benzene rings is 1. The fourth-order valence-electron chi connectivity index (χ4n) is 1.74. The van der Waals surface area contributed by atoms with E-state index >= 15 is 0 Å². The lowest BCUT2D eigenvalue weighted by atomic mass is 10.3. The van der Waals surface area contributed by atoms with Crippen LogP contribution >= 0.6 is 11.3 Å². The lowest BCUT2D eigenvalue weighted by Crippen LogP contribution is -2.33. The Kier molecular flexibility index (Phi) is 2.73. The molecule has 0 bridgehead atoms. The molecule has 0 fully saturated rings. The van der Waals surface area contributed by atoms with E-state index in [-0.39, 0.29) is 4.90 Å². The summed E-state index contributed by atoms with van der Waals surface area (Å²) in [4.78, 5) is -0.0514. The number of thiazole rings is 1. The number of nitrogens with zero attached hydrogens (tertiary/aromatic N) is 1. The van der Waals surface area contributed by atoms with Gasteiger partial charge in [0.15, 0.2) is 0 Å². The van der Waals surface area contributed by atoms with E-state index in [0.29, 0.717) is 0 Å². The lowest BCUT2D eigenvalue weighted by molar-refractivity contribution is -0.669. The van der Waals surface area contributed by atoms with E-state index in [0.717, 1.165) is 21.8 Å². The van der Waals surface area contributed by atoms with Gasteiger partial charge in [-0.1, -0.05) is 11.3 Å². The Morgan fingerprint density at radius 2 is 2.12 bits per heavy atom. The Labute approximate surface area is 97.9 Å². The van der Waals surface area contributed by atoms with Gasteiger partial charge < -0.3 is 0 Å². The molecule has 0 unspecified atom stereocenters. The summed E-state index contributed by atoms with van der Waals surface area (Å²) in [7, 11) is -4.11. The topological polar surface area (TPSA) is 58.2 Å². The third-order valence-corrected chi connectivity index (χ3v) is 4.39. The Balaban J connectivity index is 2.74. The zero-order valence-electron chi connectivity index (χ0n) is 8.97. The summed E-state index contributed by atoms with van der Waals surface area (Å²) in [5, 5.41) is 1.12. The summed E-state index contributed by atoms with van der Waals surface area (Å²) in [6.07, 6.45) is 0. The van der Waals surface area contributed by atoms with Gasteiger partial charge in [-0.25, -0.2) is 0 Å². The highest BCUT2D eigenvalue weighted by Gasteiger charge is 2.18. The molecule has 0 aliphatic carbocycles. The van der Waals surface area contributed by atoms with Crippen LogP contribution in [-0.2, 0) is 16.7 Å². The van der Waals surface area contributed by atoms with Gasteiger partial charge in [-0.2, -0.15) is 13.0 Å². The van der Waals surface area contributed by atoms with E-state index in [1.54, 1.807) is 6.07 Å². The molecule has 0 atom stereocenters. The number of rotatable bonds is 2. The van der Waals surface area contributed by atoms with Crippen molar-refractivity contribution in [2.24, 2.45) is 0 Å². The summed E-state index contributed by atoms with van der Waals surface area (Å²) in [5.41, 5.74) is 0.998. The van der Waals surface area contributed by atoms with Crippen molar-refractivity contribution >= 4 is 31.7 Å². The maximum atomic E-state index is 11.0. The first-order valence-electron chi connectivity index (χ1n) is 4.84. The van der Waals surface area contributed by atoms with Gasteiger partial charge in [0.2, 0.25) is 10.5 Å². The number of fused-ring (bicyclic) bond motifs is 1. The van der Waals surface area contributed by atoms with Gasteiger partial charge in [0.1, 0.15) is 11.2 Å². The van der Waals surface area contributed by atoms with Crippen molar-refractivity contribution < 1.29 is 17.5 Å². The number of aromatic nitrogens is 1. The molecule has 2 aromatic rings. The highest BCUT2D eigenvalue weighted by molar-refractivity contribution is 7.85. The van der Waals surface area contributed by atoms with Crippen LogP contribution < -0.4 is 4.57 Å². The molecule has 1 aromatic carbocycles. The predicted molar refractivity (Wildman–Crippen MR) is 62.2 cm³/mol. The number of aryl methyl sites for hydroxylation is 2. The van der Waals surface area contributed by atoms with Gasteiger partial charge >= 0.3 is 0 Å². The highest BCUT2D eigenvalue weighted by Crippen LogP contribution is 2.23. The zero-order valence-corrected chi connectivity index (χ0v) is 10.6. The quantitative estimate of drug-likeness (QED) is 0.659. The summed E-state index contributed by atoms with van der Waals surface area (Å²) >= 11 is 1.52. The fourth-order valence-corrected chi connectivity index (χ4v) is 3.44. The molecule has 4 nitrogen and oxygen atoms in total. The Morgan fingerprint density at radius 3 is 2.69 bits per heavy atom. The molecule has 6 heteroatoms. The van der Waals surface area contributed by atoms with Crippen LogP contribution in [-0.4, -0.2) is 13.0 Å². The van der Waals surface area contributed by atoms with Crippen LogP contribution in [0.25, 0.3) is 10.2 Å². The second-order valence-electron chi connectivity index (χ2n) is 3.47. The van der Waals surface area contributed by atoms with Gasteiger partial charge in [-0.3, -0.25) is 4.55 Å². The first-order valence-corrected chi connectivity index (χ1v) is 7.09. The fraction of sp³-hybridized carbons (Fsp3) is 0.300. The van der Waals surface area contributed by atoms with E-state index < -0.39 is 10.1 Å². The number of hydrogen-bond acceptors (Lipinski definition) is 3. The van der Waals surface area contributed by atoms with Crippen LogP contribution in [0, 0.1) is 6.92 Å². The standard InChI is InChI=1S/C10H11NO3S2/c1-3-11-7(2)15-10-6-8(16(12,13)14)4-5-9(10)11/h4-6H,3H2,1-2H3/p+1. The summed E-state index contributed by atoms with van der Waals surface area (Å²) < 4.78 is 33.9. The average Bonchev–Trinajstić information content (AvgIpc) is 2.50. The van der Waals surface area contributed by atoms with Crippen LogP contribution in [0.5, 0.6) is 0 Å². The van der Waals surface area contributed by atoms with E-state index in [9.17, 15) is 8.42 Å². The Bertz CT molecular complexity index is 643. The van der Waals surface area contributed by atoms with Gasteiger partial charge in [0.05, 0.1) is 4.90 Å². The monoisotopic (exact) mass is 258 g/mol. The van der Waals surface area contributed by atoms with Crippen molar-refractivity contribution in [2.75, 3.05) is 0 Å². The Hall–Kier alpha value is -0.980. The van der Waals surface area contributed by atoms with Crippen molar-refractivity contribution in [1.29, 1.82) is 0 Å². The van der Waals surface area contributed by atoms with Gasteiger partial charge in [-0.15, -0.1) is 0 Å². The van der Waals surface area contributed by atoms with Crippen LogP contribution in [0.1, 0.15) is 11.9 Å². The van der Waals surface area contributed by atoms with Gasteiger partial charge in [-0.05, 0) is 19.1 Å². The molecule has 0 aliphatic rings. The molecule has 0 aliphatic heterocycles. The minimum atomic E-state index is -4.11. The summed E-state index contributed by atoms with van der Waals surface area (Å²) in [6, 6.07) is 4.66. The van der Waals surface area contributed by atoms with Crippen molar-refractivity contribution in [2.45, 2.75) is 25.3 Å². The van der Waals surface area contributed by atoms with Crippen LogP contribution in [0.15, 0.2) is 23.1 Å². The molecule has 0 amide bonds. The molecule has 1 heterocycles. The second kappa shape index (κ2) is 3.80. The van der Waals surface area contributed by atoms with Crippen molar-refractivity contribution in [3.63, 3.8) is 0 Å². The molecule has 0 saturated carbocycles. The van der Waals surface area contributed by atoms with Crippen molar-refractivity contribution in [3.05, 3.63) is 23.2 Å². The van der Waals surface area contributed by atoms with Crippen LogP contribution in [0.4, 0.5) is 0 Å². The molecular formula is C10H12NO3S2+. The first-order chi connectivity index (χ1) is 7.43. The van der Waals surface area contributed by atoms with E-state index in [1.807, 2.05) is 13.8 Å². The molecule has 2 rings (SSSR count). The molecule has 0 saturated heterocycles. The van der Waals surface area contributed by atoms with Crippen molar-refractivity contribution in [3.8, 4) is 0 Å². The smallest absolute Gasteiger partial charge is 0.282 e. The maximum Gasteiger partial charge on any atom is 0.294 e. The lowest BCUT2D eigenvalue weighted by Gasteiger charge is -1.95. The SMILES string of the molecule is CC[n+]1c(C)sc2cc(S(=O)(=O)O)ccc21. The van der Waals surface area contributed by atoms with Gasteiger partial charge in [0, 0.05) is 13.0 Å². The minimum absolute atomic E-state index is 0.0514. The van der Waals surface area contributed by atoms with E-state index in [2.05, 4.69) is 4.57 Å². The Morgan fingerprint density at radius 1 is 1.44 bits per heavy atom. The molecule has 1 aromatic heterocycles. The summed E-state index contributed by atoms with van der Waals surface area (Å²) in [6.45, 7) is 4.87. The average molecular weight is 258 g/mol. The zero-order chi connectivity index (χ0) is 11.9. The normalized spacial score (nSPS) is 12.2. The molecule has 0 radical (unpaired) electrons. The van der Waals surface area contributed by atoms with E-state index in [4.69, 9.17) is 4.55 Å².